The zero-order valence-corrected chi connectivity index (χ0v) is 19.0. The van der Waals surface area contributed by atoms with Crippen molar-refractivity contribution in [3.63, 3.8) is 0 Å². The molecule has 1 aliphatic heterocycles. The van der Waals surface area contributed by atoms with Crippen LogP contribution < -0.4 is 15.1 Å². The molecule has 2 amide bonds. The lowest BCUT2D eigenvalue weighted by atomic mass is 10.1. The Balaban J connectivity index is 1.52. The molecule has 7 heteroatoms. The van der Waals surface area contributed by atoms with Crippen molar-refractivity contribution in [3.05, 3.63) is 94.5 Å². The highest BCUT2D eigenvalue weighted by molar-refractivity contribution is 6.33. The van der Waals surface area contributed by atoms with Gasteiger partial charge in [-0.05, 0) is 68.0 Å². The highest BCUT2D eigenvalue weighted by Gasteiger charge is 2.29. The smallest absolute Gasteiger partial charge is 0.280 e. The summed E-state index contributed by atoms with van der Waals surface area (Å²) in [5.74, 6) is -0.106. The fourth-order valence-corrected chi connectivity index (χ4v) is 3.59. The van der Waals surface area contributed by atoms with Gasteiger partial charge in [-0.2, -0.15) is 10.1 Å². The van der Waals surface area contributed by atoms with Crippen LogP contribution in [0.25, 0.3) is 6.08 Å². The molecule has 33 heavy (non-hydrogen) atoms. The molecular weight excluding hydrogens is 438 g/mol. The standard InChI is InChI=1S/C26H22ClN3O3/c1-17-7-6-8-21(13-17)28-25(31)16-33-24-12-11-20(27)14-19(24)15-23-18(2)29-30(26(23)32)22-9-4-3-5-10-22/h3-15H,16H2,1-2H3,(H,28,31). The van der Waals surface area contributed by atoms with Crippen LogP contribution in [0.3, 0.4) is 0 Å². The van der Waals surface area contributed by atoms with Gasteiger partial charge in [-0.15, -0.1) is 0 Å². The van der Waals surface area contributed by atoms with E-state index in [0.29, 0.717) is 39.0 Å². The van der Waals surface area contributed by atoms with Crippen LogP contribution in [-0.2, 0) is 9.59 Å². The van der Waals surface area contributed by atoms with Gasteiger partial charge in [0.05, 0.1) is 17.0 Å². The van der Waals surface area contributed by atoms with Gasteiger partial charge in [-0.3, -0.25) is 9.59 Å². The first-order valence-corrected chi connectivity index (χ1v) is 10.7. The van der Waals surface area contributed by atoms with Gasteiger partial charge in [0.1, 0.15) is 5.75 Å². The van der Waals surface area contributed by atoms with Crippen LogP contribution >= 0.6 is 11.6 Å². The predicted molar refractivity (Wildman–Crippen MR) is 132 cm³/mol. The van der Waals surface area contributed by atoms with E-state index in [0.717, 1.165) is 5.56 Å². The van der Waals surface area contributed by atoms with Crippen molar-refractivity contribution >= 4 is 46.6 Å². The average Bonchev–Trinajstić information content (AvgIpc) is 3.07. The highest BCUT2D eigenvalue weighted by Crippen LogP contribution is 2.29. The first-order valence-electron chi connectivity index (χ1n) is 10.4. The molecule has 0 saturated carbocycles. The number of aryl methyl sites for hydroxylation is 1. The van der Waals surface area contributed by atoms with Gasteiger partial charge in [0.2, 0.25) is 0 Å². The van der Waals surface area contributed by atoms with Crippen molar-refractivity contribution in [2.45, 2.75) is 13.8 Å². The third kappa shape index (κ3) is 5.30. The Morgan fingerprint density at radius 1 is 1.06 bits per heavy atom. The lowest BCUT2D eigenvalue weighted by Gasteiger charge is -2.12. The minimum atomic E-state index is -0.293. The quantitative estimate of drug-likeness (QED) is 0.497. The molecule has 0 radical (unpaired) electrons. The maximum Gasteiger partial charge on any atom is 0.280 e. The van der Waals surface area contributed by atoms with Gasteiger partial charge in [0.25, 0.3) is 11.8 Å². The van der Waals surface area contributed by atoms with Crippen LogP contribution in [0, 0.1) is 6.92 Å². The van der Waals surface area contributed by atoms with E-state index in [2.05, 4.69) is 10.4 Å². The maximum absolute atomic E-state index is 13.0. The summed E-state index contributed by atoms with van der Waals surface area (Å²) in [6.07, 6.45) is 1.68. The molecule has 0 spiro atoms. The van der Waals surface area contributed by atoms with E-state index in [4.69, 9.17) is 16.3 Å². The SMILES string of the molecule is CC1=NN(c2ccccc2)C(=O)C1=Cc1cc(Cl)ccc1OCC(=O)Nc1cccc(C)c1. The number of nitrogens with one attached hydrogen (secondary N) is 1. The van der Waals surface area contributed by atoms with Gasteiger partial charge in [-0.1, -0.05) is 41.9 Å². The van der Waals surface area contributed by atoms with Crippen LogP contribution in [0.1, 0.15) is 18.1 Å². The minimum Gasteiger partial charge on any atom is -0.483 e. The molecular formula is C26H22ClN3O3. The van der Waals surface area contributed by atoms with Crippen molar-refractivity contribution < 1.29 is 14.3 Å². The number of rotatable bonds is 6. The largest absolute Gasteiger partial charge is 0.483 e. The number of para-hydroxylation sites is 1. The van der Waals surface area contributed by atoms with E-state index < -0.39 is 0 Å². The van der Waals surface area contributed by atoms with Crippen LogP contribution in [0.2, 0.25) is 5.02 Å². The maximum atomic E-state index is 13.0. The Bertz CT molecular complexity index is 1270. The normalized spacial score (nSPS) is 14.4. The number of carbonyl (C=O) groups excluding carboxylic acids is 2. The number of carbonyl (C=O) groups is 2. The topological polar surface area (TPSA) is 71.0 Å². The van der Waals surface area contributed by atoms with Crippen molar-refractivity contribution in [2.24, 2.45) is 5.10 Å². The van der Waals surface area contributed by atoms with Crippen LogP contribution in [0.4, 0.5) is 11.4 Å². The Morgan fingerprint density at radius 3 is 2.61 bits per heavy atom. The van der Waals surface area contributed by atoms with Gasteiger partial charge >= 0.3 is 0 Å². The number of amides is 2. The number of halogens is 1. The molecule has 3 aromatic rings. The lowest BCUT2D eigenvalue weighted by molar-refractivity contribution is -0.118. The summed E-state index contributed by atoms with van der Waals surface area (Å²) in [5.41, 5.74) is 4.01. The second-order valence-corrected chi connectivity index (χ2v) is 8.02. The van der Waals surface area contributed by atoms with Gasteiger partial charge in [0, 0.05) is 16.3 Å². The first kappa shape index (κ1) is 22.3. The number of hydrogen-bond acceptors (Lipinski definition) is 4. The lowest BCUT2D eigenvalue weighted by Crippen LogP contribution is -2.21. The number of ether oxygens (including phenoxy) is 1. The summed E-state index contributed by atoms with van der Waals surface area (Å²) in [6.45, 7) is 3.53. The summed E-state index contributed by atoms with van der Waals surface area (Å²) in [7, 11) is 0. The van der Waals surface area contributed by atoms with Gasteiger partial charge in [-0.25, -0.2) is 0 Å². The highest BCUT2D eigenvalue weighted by atomic mass is 35.5. The average molecular weight is 460 g/mol. The van der Waals surface area contributed by atoms with Crippen molar-refractivity contribution in [2.75, 3.05) is 16.9 Å². The predicted octanol–water partition coefficient (Wildman–Crippen LogP) is 5.47. The Morgan fingerprint density at radius 2 is 1.85 bits per heavy atom. The molecule has 6 nitrogen and oxygen atoms in total. The third-order valence-corrected chi connectivity index (χ3v) is 5.23. The molecule has 166 valence electrons. The molecule has 0 aliphatic carbocycles. The molecule has 1 aliphatic rings. The van der Waals surface area contributed by atoms with Crippen LogP contribution in [-0.4, -0.2) is 24.1 Å². The molecule has 1 N–H and O–H groups in total. The van der Waals surface area contributed by atoms with E-state index in [1.54, 1.807) is 31.2 Å². The van der Waals surface area contributed by atoms with Gasteiger partial charge < -0.3 is 10.1 Å². The zero-order chi connectivity index (χ0) is 23.4. The number of hydrazone groups is 1. The summed E-state index contributed by atoms with van der Waals surface area (Å²) >= 11 is 6.19. The van der Waals surface area contributed by atoms with E-state index in [9.17, 15) is 9.59 Å². The number of nitrogens with zero attached hydrogens (tertiary/aromatic N) is 2. The monoisotopic (exact) mass is 459 g/mol. The molecule has 0 saturated heterocycles. The Kier molecular flexibility index (Phi) is 6.56. The third-order valence-electron chi connectivity index (χ3n) is 5.00. The van der Waals surface area contributed by atoms with E-state index in [1.807, 2.05) is 61.5 Å². The molecule has 1 heterocycles. The Hall–Kier alpha value is -3.90. The molecule has 0 aromatic heterocycles. The minimum absolute atomic E-state index is 0.192. The van der Waals surface area contributed by atoms with Crippen molar-refractivity contribution in [3.8, 4) is 5.75 Å². The van der Waals surface area contributed by atoms with Gasteiger partial charge in [0.15, 0.2) is 6.61 Å². The van der Waals surface area contributed by atoms with Crippen LogP contribution in [0.15, 0.2) is 83.5 Å². The molecule has 0 bridgehead atoms. The van der Waals surface area contributed by atoms with Crippen LogP contribution in [0.5, 0.6) is 5.75 Å². The summed E-state index contributed by atoms with van der Waals surface area (Å²) in [4.78, 5) is 25.4. The molecule has 3 aromatic carbocycles. The Labute approximate surface area is 197 Å². The molecule has 4 rings (SSSR count). The summed E-state index contributed by atoms with van der Waals surface area (Å²) < 4.78 is 5.77. The van der Waals surface area contributed by atoms with E-state index in [1.165, 1.54) is 5.01 Å². The molecule has 0 unspecified atom stereocenters. The van der Waals surface area contributed by atoms with Crippen molar-refractivity contribution in [1.29, 1.82) is 0 Å². The number of benzene rings is 3. The van der Waals surface area contributed by atoms with Crippen molar-refractivity contribution in [1.82, 2.24) is 0 Å². The second-order valence-electron chi connectivity index (χ2n) is 7.58. The first-order chi connectivity index (χ1) is 15.9. The number of anilines is 2. The van der Waals surface area contributed by atoms with E-state index >= 15 is 0 Å². The number of hydrogen-bond donors (Lipinski definition) is 1. The summed E-state index contributed by atoms with van der Waals surface area (Å²) in [6, 6.07) is 21.8. The summed E-state index contributed by atoms with van der Waals surface area (Å²) in [5, 5.41) is 9.05. The molecule has 0 atom stereocenters. The fourth-order valence-electron chi connectivity index (χ4n) is 3.41. The molecule has 0 fully saturated rings. The van der Waals surface area contributed by atoms with E-state index in [-0.39, 0.29) is 18.4 Å². The zero-order valence-electron chi connectivity index (χ0n) is 18.2. The fraction of sp³-hybridized carbons (Fsp3) is 0.115. The second kappa shape index (κ2) is 9.71.